The molecule has 3 amide bonds. The molecule has 170 valence electrons. The van der Waals surface area contributed by atoms with Crippen LogP contribution in [0.4, 0.5) is 5.69 Å². The van der Waals surface area contributed by atoms with E-state index in [1.165, 1.54) is 4.70 Å². The molecule has 0 radical (unpaired) electrons. The normalized spacial score (nSPS) is 18.7. The molecule has 2 aromatic carbocycles. The van der Waals surface area contributed by atoms with Crippen molar-refractivity contribution in [2.75, 3.05) is 31.1 Å². The number of piperidine rings is 1. The third-order valence-electron chi connectivity index (χ3n) is 6.35. The molecule has 1 aromatic heterocycles. The number of thiazole rings is 1. The third kappa shape index (κ3) is 4.61. The van der Waals surface area contributed by atoms with E-state index in [1.807, 2.05) is 23.1 Å². The van der Waals surface area contributed by atoms with Gasteiger partial charge in [0, 0.05) is 43.2 Å². The highest BCUT2D eigenvalue weighted by atomic mass is 32.1. The lowest BCUT2D eigenvalue weighted by atomic mass is 9.98. The standard InChI is InChI=1S/C25H26N4O3S/c30-22-8-4-14-29(22)19-11-9-17(10-12-19)24(32)26-15-23(31)28-13-3-5-18(16-28)25-27-20-6-1-2-7-21(20)33-25/h1-2,6-7,9-12,18H,3-5,8,13-16H2,(H,26,32)/t18-/m1/s1. The van der Waals surface area contributed by atoms with Crippen molar-refractivity contribution in [2.45, 2.75) is 31.6 Å². The van der Waals surface area contributed by atoms with Gasteiger partial charge in [-0.1, -0.05) is 12.1 Å². The minimum atomic E-state index is -0.289. The van der Waals surface area contributed by atoms with Crippen LogP contribution in [0.15, 0.2) is 48.5 Å². The lowest BCUT2D eigenvalue weighted by molar-refractivity contribution is -0.131. The highest BCUT2D eigenvalue weighted by molar-refractivity contribution is 7.18. The number of benzene rings is 2. The van der Waals surface area contributed by atoms with E-state index >= 15 is 0 Å². The van der Waals surface area contributed by atoms with Gasteiger partial charge in [-0.2, -0.15) is 0 Å². The lowest BCUT2D eigenvalue weighted by Gasteiger charge is -2.32. The number of fused-ring (bicyclic) bond motifs is 1. The van der Waals surface area contributed by atoms with Crippen molar-refractivity contribution in [1.29, 1.82) is 0 Å². The van der Waals surface area contributed by atoms with Gasteiger partial charge in [0.1, 0.15) is 0 Å². The topological polar surface area (TPSA) is 82.6 Å². The number of anilines is 1. The second-order valence-corrected chi connectivity index (χ2v) is 9.64. The van der Waals surface area contributed by atoms with Crippen molar-refractivity contribution in [2.24, 2.45) is 0 Å². The van der Waals surface area contributed by atoms with Gasteiger partial charge >= 0.3 is 0 Å². The average Bonchev–Trinajstić information content (AvgIpc) is 3.48. The van der Waals surface area contributed by atoms with Gasteiger partial charge in [-0.25, -0.2) is 4.98 Å². The van der Waals surface area contributed by atoms with Gasteiger partial charge < -0.3 is 15.1 Å². The molecule has 3 aromatic rings. The van der Waals surface area contributed by atoms with Crippen LogP contribution in [-0.4, -0.2) is 53.8 Å². The van der Waals surface area contributed by atoms with E-state index in [4.69, 9.17) is 4.98 Å². The highest BCUT2D eigenvalue weighted by Gasteiger charge is 2.27. The molecule has 0 unspecified atom stereocenters. The van der Waals surface area contributed by atoms with Gasteiger partial charge in [0.15, 0.2) is 0 Å². The second kappa shape index (κ2) is 9.31. The first-order valence-electron chi connectivity index (χ1n) is 11.4. The van der Waals surface area contributed by atoms with Crippen LogP contribution in [0, 0.1) is 0 Å². The Morgan fingerprint density at radius 3 is 2.64 bits per heavy atom. The number of nitrogens with zero attached hydrogens (tertiary/aromatic N) is 3. The molecule has 2 aliphatic rings. The Labute approximate surface area is 196 Å². The number of para-hydroxylation sites is 1. The summed E-state index contributed by atoms with van der Waals surface area (Å²) in [6.45, 7) is 2.02. The Balaban J connectivity index is 1.16. The van der Waals surface area contributed by atoms with Crippen LogP contribution < -0.4 is 10.2 Å². The summed E-state index contributed by atoms with van der Waals surface area (Å²) in [5, 5.41) is 3.82. The Morgan fingerprint density at radius 2 is 1.88 bits per heavy atom. The maximum atomic E-state index is 12.8. The second-order valence-electron chi connectivity index (χ2n) is 8.58. The predicted octanol–water partition coefficient (Wildman–Crippen LogP) is 3.56. The van der Waals surface area contributed by atoms with Crippen molar-refractivity contribution in [3.8, 4) is 0 Å². The van der Waals surface area contributed by atoms with E-state index in [0.29, 0.717) is 31.6 Å². The molecule has 0 bridgehead atoms. The Kier molecular flexibility index (Phi) is 6.09. The molecule has 33 heavy (non-hydrogen) atoms. The first-order valence-corrected chi connectivity index (χ1v) is 12.2. The molecule has 2 aliphatic heterocycles. The van der Waals surface area contributed by atoms with Crippen molar-refractivity contribution in [3.63, 3.8) is 0 Å². The Hall–Kier alpha value is -3.26. The quantitative estimate of drug-likeness (QED) is 0.629. The summed E-state index contributed by atoms with van der Waals surface area (Å²) < 4.78 is 1.17. The molecule has 1 atom stereocenters. The predicted molar refractivity (Wildman–Crippen MR) is 129 cm³/mol. The molecule has 3 heterocycles. The van der Waals surface area contributed by atoms with Gasteiger partial charge in [-0.3, -0.25) is 14.4 Å². The summed E-state index contributed by atoms with van der Waals surface area (Å²) in [6.07, 6.45) is 3.37. The maximum absolute atomic E-state index is 12.8. The zero-order chi connectivity index (χ0) is 22.8. The fourth-order valence-corrected chi connectivity index (χ4v) is 5.65. The van der Waals surface area contributed by atoms with Crippen molar-refractivity contribution < 1.29 is 14.4 Å². The summed E-state index contributed by atoms with van der Waals surface area (Å²) in [5.41, 5.74) is 2.29. The van der Waals surface area contributed by atoms with E-state index in [-0.39, 0.29) is 30.2 Å². The van der Waals surface area contributed by atoms with Crippen LogP contribution in [0.1, 0.15) is 47.0 Å². The summed E-state index contributed by atoms with van der Waals surface area (Å²) in [4.78, 5) is 45.6. The SMILES string of the molecule is O=C(NCC(=O)N1CCC[C@@H](c2nc3ccccc3s2)C1)c1ccc(N2CCCC2=O)cc1. The number of carbonyl (C=O) groups is 3. The molecule has 2 saturated heterocycles. The maximum Gasteiger partial charge on any atom is 0.251 e. The Bertz CT molecular complexity index is 1160. The van der Waals surface area contributed by atoms with Crippen LogP contribution >= 0.6 is 11.3 Å². The fourth-order valence-electron chi connectivity index (χ4n) is 4.55. The van der Waals surface area contributed by atoms with E-state index in [0.717, 1.165) is 35.5 Å². The van der Waals surface area contributed by atoms with Gasteiger partial charge in [0.25, 0.3) is 5.91 Å². The fraction of sp³-hybridized carbons (Fsp3) is 0.360. The summed E-state index contributed by atoms with van der Waals surface area (Å²) in [6, 6.07) is 15.1. The van der Waals surface area contributed by atoms with Crippen molar-refractivity contribution >= 4 is 45.0 Å². The first kappa shape index (κ1) is 21.6. The minimum absolute atomic E-state index is 0.0300. The van der Waals surface area contributed by atoms with Crippen LogP contribution in [0.25, 0.3) is 10.2 Å². The molecule has 2 fully saturated rings. The molecule has 0 spiro atoms. The largest absolute Gasteiger partial charge is 0.343 e. The molecule has 1 N–H and O–H groups in total. The van der Waals surface area contributed by atoms with Gasteiger partial charge in [-0.05, 0) is 55.7 Å². The molecule has 7 nitrogen and oxygen atoms in total. The van der Waals surface area contributed by atoms with Crippen LogP contribution in [-0.2, 0) is 9.59 Å². The van der Waals surface area contributed by atoms with Gasteiger partial charge in [0.2, 0.25) is 11.8 Å². The Morgan fingerprint density at radius 1 is 1.06 bits per heavy atom. The van der Waals surface area contributed by atoms with Gasteiger partial charge in [-0.15, -0.1) is 11.3 Å². The number of hydrogen-bond donors (Lipinski definition) is 1. The third-order valence-corrected chi connectivity index (χ3v) is 7.55. The van der Waals surface area contributed by atoms with E-state index < -0.39 is 0 Å². The number of hydrogen-bond acceptors (Lipinski definition) is 5. The number of amides is 3. The number of carbonyl (C=O) groups excluding carboxylic acids is 3. The molecule has 5 rings (SSSR count). The zero-order valence-electron chi connectivity index (χ0n) is 18.3. The average molecular weight is 463 g/mol. The van der Waals surface area contributed by atoms with Crippen LogP contribution in [0.5, 0.6) is 0 Å². The number of rotatable bonds is 5. The van der Waals surface area contributed by atoms with Crippen molar-refractivity contribution in [1.82, 2.24) is 15.2 Å². The van der Waals surface area contributed by atoms with Crippen LogP contribution in [0.3, 0.4) is 0 Å². The summed E-state index contributed by atoms with van der Waals surface area (Å²) in [7, 11) is 0. The van der Waals surface area contributed by atoms with E-state index in [2.05, 4.69) is 11.4 Å². The highest BCUT2D eigenvalue weighted by Crippen LogP contribution is 2.33. The molecule has 0 aliphatic carbocycles. The van der Waals surface area contributed by atoms with Gasteiger partial charge in [0.05, 0.1) is 21.8 Å². The van der Waals surface area contributed by atoms with E-state index in [1.54, 1.807) is 40.5 Å². The number of nitrogens with one attached hydrogen (secondary N) is 1. The molecular formula is C25H26N4O3S. The first-order chi connectivity index (χ1) is 16.1. The molecular weight excluding hydrogens is 436 g/mol. The summed E-state index contributed by atoms with van der Waals surface area (Å²) in [5.74, 6) is -0.0176. The molecule has 8 heteroatoms. The van der Waals surface area contributed by atoms with Crippen molar-refractivity contribution in [3.05, 3.63) is 59.1 Å². The zero-order valence-corrected chi connectivity index (χ0v) is 19.1. The lowest BCUT2D eigenvalue weighted by Crippen LogP contribution is -2.44. The number of aromatic nitrogens is 1. The van der Waals surface area contributed by atoms with Crippen LogP contribution in [0.2, 0.25) is 0 Å². The smallest absolute Gasteiger partial charge is 0.251 e. The monoisotopic (exact) mass is 462 g/mol. The number of likely N-dealkylation sites (tertiary alicyclic amines) is 1. The van der Waals surface area contributed by atoms with E-state index in [9.17, 15) is 14.4 Å². The summed E-state index contributed by atoms with van der Waals surface area (Å²) >= 11 is 1.70. The minimum Gasteiger partial charge on any atom is -0.343 e. The molecule has 0 saturated carbocycles.